The normalized spacial score (nSPS) is 21.1. The summed E-state index contributed by atoms with van der Waals surface area (Å²) >= 11 is 0. The van der Waals surface area contributed by atoms with Crippen LogP contribution in [0.25, 0.3) is 0 Å². The van der Waals surface area contributed by atoms with E-state index in [1.807, 2.05) is 60.7 Å². The number of nitrogens with zero attached hydrogens (tertiary/aromatic N) is 1. The molecule has 1 N–H and O–H groups in total. The maximum Gasteiger partial charge on any atom is 0.414 e. The first kappa shape index (κ1) is 23.0. The molecule has 0 saturated heterocycles. The summed E-state index contributed by atoms with van der Waals surface area (Å²) in [6.07, 6.45) is 0.350. The number of benzene rings is 2. The van der Waals surface area contributed by atoms with Crippen LogP contribution < -0.4 is 0 Å². The van der Waals surface area contributed by atoms with E-state index < -0.39 is 34.5 Å². The van der Waals surface area contributed by atoms with E-state index in [2.05, 4.69) is 0 Å². The molecule has 1 aliphatic heterocycles. The van der Waals surface area contributed by atoms with Gasteiger partial charge in [-0.1, -0.05) is 60.7 Å². The third-order valence-electron chi connectivity index (χ3n) is 4.62. The fourth-order valence-corrected chi connectivity index (χ4v) is 3.79. The molecule has 0 unspecified atom stereocenters. The van der Waals surface area contributed by atoms with E-state index in [1.54, 1.807) is 0 Å². The summed E-state index contributed by atoms with van der Waals surface area (Å²) in [5, 5.41) is 10.3. The van der Waals surface area contributed by atoms with Gasteiger partial charge in [0.05, 0.1) is 25.5 Å². The van der Waals surface area contributed by atoms with Crippen LogP contribution in [0.4, 0.5) is 4.79 Å². The SMILES string of the molecule is CS(=O)(=O)O[C@H]1[C@@H](COCc2ccccc2)N(C(=O)OCc2ccccc2)C=C[C@@H]1O. The molecule has 2 aromatic rings. The van der Waals surface area contributed by atoms with E-state index >= 15 is 0 Å². The van der Waals surface area contributed by atoms with Gasteiger partial charge in [0, 0.05) is 6.20 Å². The minimum atomic E-state index is -3.90. The first-order chi connectivity index (χ1) is 14.8. The van der Waals surface area contributed by atoms with Crippen LogP contribution in [0.15, 0.2) is 72.9 Å². The number of rotatable bonds is 8. The molecule has 2 aromatic carbocycles. The Morgan fingerprint density at radius 3 is 2.16 bits per heavy atom. The Hall–Kier alpha value is -2.72. The third kappa shape index (κ3) is 6.90. The molecule has 1 aliphatic rings. The highest BCUT2D eigenvalue weighted by Gasteiger charge is 2.40. The van der Waals surface area contributed by atoms with Crippen molar-refractivity contribution < 1.29 is 32.0 Å². The average molecular weight is 448 g/mol. The lowest BCUT2D eigenvalue weighted by atomic mass is 10.0. The molecule has 8 nitrogen and oxygen atoms in total. The van der Waals surface area contributed by atoms with Crippen LogP contribution in [-0.2, 0) is 37.0 Å². The molecule has 0 aliphatic carbocycles. The summed E-state index contributed by atoms with van der Waals surface area (Å²) in [6.45, 7) is 0.217. The number of carbonyl (C=O) groups excluding carboxylic acids is 1. The van der Waals surface area contributed by atoms with Gasteiger partial charge in [-0.25, -0.2) is 4.79 Å². The van der Waals surface area contributed by atoms with Gasteiger partial charge in [-0.05, 0) is 17.2 Å². The predicted molar refractivity (Wildman–Crippen MR) is 113 cm³/mol. The Morgan fingerprint density at radius 2 is 1.58 bits per heavy atom. The fraction of sp³-hybridized carbons (Fsp3) is 0.318. The Bertz CT molecular complexity index is 979. The van der Waals surface area contributed by atoms with Crippen molar-refractivity contribution in [2.24, 2.45) is 0 Å². The van der Waals surface area contributed by atoms with Gasteiger partial charge in [-0.15, -0.1) is 0 Å². The van der Waals surface area contributed by atoms with E-state index in [0.29, 0.717) is 0 Å². The zero-order valence-corrected chi connectivity index (χ0v) is 17.9. The van der Waals surface area contributed by atoms with Gasteiger partial charge in [0.2, 0.25) is 0 Å². The fourth-order valence-electron chi connectivity index (χ4n) is 3.15. The highest BCUT2D eigenvalue weighted by Crippen LogP contribution is 2.23. The third-order valence-corrected chi connectivity index (χ3v) is 5.19. The van der Waals surface area contributed by atoms with E-state index in [4.69, 9.17) is 13.7 Å². The lowest BCUT2D eigenvalue weighted by Gasteiger charge is -2.38. The molecule has 0 radical (unpaired) electrons. The largest absolute Gasteiger partial charge is 0.444 e. The van der Waals surface area contributed by atoms with Crippen molar-refractivity contribution in [2.45, 2.75) is 31.5 Å². The van der Waals surface area contributed by atoms with Crippen molar-refractivity contribution in [2.75, 3.05) is 12.9 Å². The Morgan fingerprint density at radius 1 is 1.00 bits per heavy atom. The van der Waals surface area contributed by atoms with Crippen LogP contribution in [0.3, 0.4) is 0 Å². The number of hydrogen-bond acceptors (Lipinski definition) is 7. The molecule has 31 heavy (non-hydrogen) atoms. The quantitative estimate of drug-likeness (QED) is 0.620. The van der Waals surface area contributed by atoms with Crippen molar-refractivity contribution in [1.29, 1.82) is 0 Å². The second-order valence-corrected chi connectivity index (χ2v) is 8.71. The number of ether oxygens (including phenoxy) is 2. The van der Waals surface area contributed by atoms with Crippen LogP contribution in [0.1, 0.15) is 11.1 Å². The van der Waals surface area contributed by atoms with Crippen molar-refractivity contribution in [3.8, 4) is 0 Å². The summed E-state index contributed by atoms with van der Waals surface area (Å²) < 4.78 is 39.7. The zero-order chi connectivity index (χ0) is 22.3. The van der Waals surface area contributed by atoms with E-state index in [1.165, 1.54) is 17.2 Å². The lowest BCUT2D eigenvalue weighted by Crippen LogP contribution is -2.55. The van der Waals surface area contributed by atoms with Gasteiger partial charge in [-0.2, -0.15) is 8.42 Å². The molecule has 166 valence electrons. The van der Waals surface area contributed by atoms with Gasteiger partial charge < -0.3 is 14.6 Å². The van der Waals surface area contributed by atoms with Crippen LogP contribution in [0.5, 0.6) is 0 Å². The Kier molecular flexibility index (Phi) is 7.80. The van der Waals surface area contributed by atoms with Gasteiger partial charge in [0.1, 0.15) is 18.8 Å². The van der Waals surface area contributed by atoms with Crippen molar-refractivity contribution in [3.05, 3.63) is 84.1 Å². The Balaban J connectivity index is 1.73. The van der Waals surface area contributed by atoms with Crippen LogP contribution >= 0.6 is 0 Å². The topological polar surface area (TPSA) is 102 Å². The summed E-state index contributed by atoms with van der Waals surface area (Å²) in [7, 11) is -3.90. The number of amides is 1. The number of hydrogen-bond donors (Lipinski definition) is 1. The molecule has 0 spiro atoms. The molecule has 3 rings (SSSR count). The molecule has 0 saturated carbocycles. The highest BCUT2D eigenvalue weighted by atomic mass is 32.2. The lowest BCUT2D eigenvalue weighted by molar-refractivity contribution is -0.0360. The molecule has 1 heterocycles. The van der Waals surface area contributed by atoms with Crippen molar-refractivity contribution in [1.82, 2.24) is 4.90 Å². The molecule has 3 atom stereocenters. The number of carbonyl (C=O) groups is 1. The first-order valence-corrected chi connectivity index (χ1v) is 11.5. The van der Waals surface area contributed by atoms with Gasteiger partial charge in [0.25, 0.3) is 10.1 Å². The molecular weight excluding hydrogens is 422 g/mol. The van der Waals surface area contributed by atoms with E-state index in [-0.39, 0.29) is 19.8 Å². The summed E-state index contributed by atoms with van der Waals surface area (Å²) in [5.41, 5.74) is 1.71. The monoisotopic (exact) mass is 447 g/mol. The standard InChI is InChI=1S/C22H25NO7S/c1-31(26,27)30-21-19(16-28-14-17-8-4-2-5-9-17)23(13-12-20(21)24)22(25)29-15-18-10-6-3-7-11-18/h2-13,19-21,24H,14-16H2,1H3/t19-,20+,21+/m1/s1. The van der Waals surface area contributed by atoms with Gasteiger partial charge in [-0.3, -0.25) is 9.08 Å². The highest BCUT2D eigenvalue weighted by molar-refractivity contribution is 7.86. The Labute approximate surface area is 181 Å². The van der Waals surface area contributed by atoms with Crippen LogP contribution in [0, 0.1) is 0 Å². The summed E-state index contributed by atoms with van der Waals surface area (Å²) in [5.74, 6) is 0. The number of aliphatic hydroxyl groups is 1. The average Bonchev–Trinajstić information content (AvgIpc) is 2.75. The molecule has 0 fully saturated rings. The first-order valence-electron chi connectivity index (χ1n) is 9.69. The van der Waals surface area contributed by atoms with Crippen molar-refractivity contribution in [3.63, 3.8) is 0 Å². The van der Waals surface area contributed by atoms with E-state index in [9.17, 15) is 18.3 Å². The summed E-state index contributed by atoms with van der Waals surface area (Å²) in [6, 6.07) is 17.6. The van der Waals surface area contributed by atoms with Crippen LogP contribution in [-0.4, -0.2) is 55.6 Å². The molecular formula is C22H25NO7S. The molecule has 0 aromatic heterocycles. The second kappa shape index (κ2) is 10.5. The van der Waals surface area contributed by atoms with Gasteiger partial charge >= 0.3 is 6.09 Å². The molecule has 0 bridgehead atoms. The minimum absolute atomic E-state index is 0.0434. The second-order valence-electron chi connectivity index (χ2n) is 7.11. The van der Waals surface area contributed by atoms with Crippen molar-refractivity contribution >= 4 is 16.2 Å². The van der Waals surface area contributed by atoms with Gasteiger partial charge in [0.15, 0.2) is 0 Å². The zero-order valence-electron chi connectivity index (χ0n) is 17.0. The minimum Gasteiger partial charge on any atom is -0.444 e. The molecule has 9 heteroatoms. The van der Waals surface area contributed by atoms with Crippen LogP contribution in [0.2, 0.25) is 0 Å². The molecule has 1 amide bonds. The number of aliphatic hydroxyl groups excluding tert-OH is 1. The summed E-state index contributed by atoms with van der Waals surface area (Å²) in [4.78, 5) is 13.9. The maximum atomic E-state index is 12.7. The van der Waals surface area contributed by atoms with E-state index in [0.717, 1.165) is 17.4 Å². The maximum absolute atomic E-state index is 12.7. The predicted octanol–water partition coefficient (Wildman–Crippen LogP) is 2.44. The smallest absolute Gasteiger partial charge is 0.414 e.